The molecule has 5 nitrogen and oxygen atoms in total. The molecule has 1 aromatic carbocycles. The summed E-state index contributed by atoms with van der Waals surface area (Å²) in [5.74, 6) is -4.28. The van der Waals surface area contributed by atoms with E-state index < -0.39 is 23.5 Å². The minimum Gasteiger partial charge on any atom is -0.323 e. The SMILES string of the molecule is O=C(Nc1ccc(F)c(F)c1F)N1CCCN(Cc2cccnc2)CC1. The van der Waals surface area contributed by atoms with E-state index in [4.69, 9.17) is 0 Å². The topological polar surface area (TPSA) is 48.5 Å². The largest absolute Gasteiger partial charge is 0.323 e. The lowest BCUT2D eigenvalue weighted by atomic mass is 10.2. The van der Waals surface area contributed by atoms with Crippen LogP contribution < -0.4 is 5.32 Å². The molecular formula is C18H19F3N4O. The van der Waals surface area contributed by atoms with E-state index in [1.54, 1.807) is 17.3 Å². The first kappa shape index (κ1) is 18.2. The van der Waals surface area contributed by atoms with Crippen molar-refractivity contribution >= 4 is 11.7 Å². The van der Waals surface area contributed by atoms with Gasteiger partial charge in [0.2, 0.25) is 0 Å². The van der Waals surface area contributed by atoms with Gasteiger partial charge in [0.25, 0.3) is 0 Å². The summed E-state index contributed by atoms with van der Waals surface area (Å²) in [6, 6.07) is 5.14. The van der Waals surface area contributed by atoms with E-state index in [0.29, 0.717) is 19.6 Å². The minimum absolute atomic E-state index is 0.370. The Balaban J connectivity index is 1.58. The van der Waals surface area contributed by atoms with E-state index in [2.05, 4.69) is 15.2 Å². The molecule has 3 rings (SSSR count). The van der Waals surface area contributed by atoms with Crippen LogP contribution in [0.5, 0.6) is 0 Å². The van der Waals surface area contributed by atoms with Crippen molar-refractivity contribution in [1.29, 1.82) is 0 Å². The second-order valence-electron chi connectivity index (χ2n) is 6.13. The molecule has 0 spiro atoms. The molecule has 1 aliphatic heterocycles. The van der Waals surface area contributed by atoms with Crippen molar-refractivity contribution in [3.63, 3.8) is 0 Å². The lowest BCUT2D eigenvalue weighted by Crippen LogP contribution is -2.38. The molecule has 0 radical (unpaired) electrons. The normalized spacial score (nSPS) is 15.6. The first-order chi connectivity index (χ1) is 12.5. The van der Waals surface area contributed by atoms with Crippen LogP contribution in [0.15, 0.2) is 36.7 Å². The van der Waals surface area contributed by atoms with Gasteiger partial charge in [-0.1, -0.05) is 6.07 Å². The van der Waals surface area contributed by atoms with Gasteiger partial charge in [0, 0.05) is 45.1 Å². The fraction of sp³-hybridized carbons (Fsp3) is 0.333. The zero-order chi connectivity index (χ0) is 18.5. The van der Waals surface area contributed by atoms with Crippen LogP contribution in [0.4, 0.5) is 23.7 Å². The first-order valence-electron chi connectivity index (χ1n) is 8.35. The quantitative estimate of drug-likeness (QED) is 0.851. The van der Waals surface area contributed by atoms with Gasteiger partial charge in [-0.15, -0.1) is 0 Å². The second kappa shape index (κ2) is 8.18. The van der Waals surface area contributed by atoms with Crippen LogP contribution in [0.3, 0.4) is 0 Å². The number of benzene rings is 1. The van der Waals surface area contributed by atoms with Gasteiger partial charge in [-0.25, -0.2) is 18.0 Å². The van der Waals surface area contributed by atoms with Crippen LogP contribution in [-0.4, -0.2) is 47.0 Å². The van der Waals surface area contributed by atoms with Crippen molar-refractivity contribution in [2.45, 2.75) is 13.0 Å². The zero-order valence-electron chi connectivity index (χ0n) is 14.1. The van der Waals surface area contributed by atoms with E-state index in [-0.39, 0.29) is 5.69 Å². The highest BCUT2D eigenvalue weighted by Gasteiger charge is 2.21. The molecule has 1 saturated heterocycles. The highest BCUT2D eigenvalue weighted by Crippen LogP contribution is 2.20. The van der Waals surface area contributed by atoms with E-state index in [1.807, 2.05) is 12.1 Å². The predicted molar refractivity (Wildman–Crippen MR) is 91.0 cm³/mol. The van der Waals surface area contributed by atoms with E-state index in [0.717, 1.165) is 37.2 Å². The number of carbonyl (C=O) groups excluding carboxylic acids is 1. The maximum absolute atomic E-state index is 13.7. The molecule has 2 aromatic rings. The second-order valence-corrected chi connectivity index (χ2v) is 6.13. The Morgan fingerprint density at radius 2 is 1.92 bits per heavy atom. The lowest BCUT2D eigenvalue weighted by Gasteiger charge is -2.22. The van der Waals surface area contributed by atoms with E-state index in [1.165, 1.54) is 0 Å². The molecule has 1 aromatic heterocycles. The van der Waals surface area contributed by atoms with Crippen molar-refractivity contribution in [2.75, 3.05) is 31.5 Å². The summed E-state index contributed by atoms with van der Waals surface area (Å²) in [5.41, 5.74) is 0.722. The Labute approximate surface area is 149 Å². The summed E-state index contributed by atoms with van der Waals surface area (Å²) in [7, 11) is 0. The fourth-order valence-corrected chi connectivity index (χ4v) is 2.90. The third-order valence-corrected chi connectivity index (χ3v) is 4.28. The van der Waals surface area contributed by atoms with Gasteiger partial charge < -0.3 is 10.2 Å². The van der Waals surface area contributed by atoms with Crippen molar-refractivity contribution in [2.24, 2.45) is 0 Å². The molecule has 1 aliphatic rings. The summed E-state index contributed by atoms with van der Waals surface area (Å²) in [6.07, 6.45) is 4.28. The summed E-state index contributed by atoms with van der Waals surface area (Å²) in [4.78, 5) is 20.2. The van der Waals surface area contributed by atoms with Crippen LogP contribution in [0.25, 0.3) is 0 Å². The average molecular weight is 364 g/mol. The van der Waals surface area contributed by atoms with Gasteiger partial charge in [0.15, 0.2) is 17.5 Å². The predicted octanol–water partition coefficient (Wildman–Crippen LogP) is 3.24. The van der Waals surface area contributed by atoms with Gasteiger partial charge in [0.05, 0.1) is 5.69 Å². The molecule has 2 heterocycles. The molecule has 26 heavy (non-hydrogen) atoms. The molecular weight excluding hydrogens is 345 g/mol. The number of nitrogens with one attached hydrogen (secondary N) is 1. The molecule has 0 aliphatic carbocycles. The standard InChI is InChI=1S/C18H19F3N4O/c19-14-4-5-15(17(21)16(14)20)23-18(26)25-8-2-7-24(9-10-25)12-13-3-1-6-22-11-13/h1,3-6,11H,2,7-10,12H2,(H,23,26). The average Bonchev–Trinajstić information content (AvgIpc) is 2.89. The number of hydrogen-bond acceptors (Lipinski definition) is 3. The molecule has 1 fully saturated rings. The summed E-state index contributed by atoms with van der Waals surface area (Å²) >= 11 is 0. The summed E-state index contributed by atoms with van der Waals surface area (Å²) < 4.78 is 40.0. The Morgan fingerprint density at radius 3 is 2.69 bits per heavy atom. The molecule has 1 N–H and O–H groups in total. The molecule has 0 atom stereocenters. The summed E-state index contributed by atoms with van der Waals surface area (Å²) in [5, 5.41) is 2.32. The van der Waals surface area contributed by atoms with Crippen LogP contribution in [0.2, 0.25) is 0 Å². The maximum Gasteiger partial charge on any atom is 0.321 e. The number of halogens is 3. The molecule has 0 bridgehead atoms. The molecule has 0 unspecified atom stereocenters. The Morgan fingerprint density at radius 1 is 1.08 bits per heavy atom. The van der Waals surface area contributed by atoms with Gasteiger partial charge in [0.1, 0.15) is 0 Å². The van der Waals surface area contributed by atoms with Crippen molar-refractivity contribution in [3.05, 3.63) is 59.7 Å². The van der Waals surface area contributed by atoms with Gasteiger partial charge in [-0.2, -0.15) is 0 Å². The number of carbonyl (C=O) groups is 1. The Bertz CT molecular complexity index is 773. The number of aromatic nitrogens is 1. The number of anilines is 1. The Kier molecular flexibility index (Phi) is 5.72. The van der Waals surface area contributed by atoms with Crippen LogP contribution in [0.1, 0.15) is 12.0 Å². The fourth-order valence-electron chi connectivity index (χ4n) is 2.90. The van der Waals surface area contributed by atoms with Crippen molar-refractivity contribution in [3.8, 4) is 0 Å². The first-order valence-corrected chi connectivity index (χ1v) is 8.35. The van der Waals surface area contributed by atoms with E-state index in [9.17, 15) is 18.0 Å². The lowest BCUT2D eigenvalue weighted by molar-refractivity contribution is 0.211. The van der Waals surface area contributed by atoms with Crippen LogP contribution >= 0.6 is 0 Å². The number of hydrogen-bond donors (Lipinski definition) is 1. The molecule has 0 saturated carbocycles. The Hall–Kier alpha value is -2.61. The summed E-state index contributed by atoms with van der Waals surface area (Å²) in [6.45, 7) is 3.17. The monoisotopic (exact) mass is 364 g/mol. The third-order valence-electron chi connectivity index (χ3n) is 4.28. The smallest absolute Gasteiger partial charge is 0.321 e. The van der Waals surface area contributed by atoms with Crippen molar-refractivity contribution < 1.29 is 18.0 Å². The van der Waals surface area contributed by atoms with Crippen LogP contribution in [-0.2, 0) is 6.54 Å². The van der Waals surface area contributed by atoms with E-state index >= 15 is 0 Å². The third kappa shape index (κ3) is 4.32. The minimum atomic E-state index is -1.60. The van der Waals surface area contributed by atoms with Gasteiger partial charge in [-0.3, -0.25) is 9.88 Å². The molecule has 2 amide bonds. The van der Waals surface area contributed by atoms with Crippen molar-refractivity contribution in [1.82, 2.24) is 14.8 Å². The number of nitrogens with zero attached hydrogens (tertiary/aromatic N) is 3. The zero-order valence-corrected chi connectivity index (χ0v) is 14.1. The number of rotatable bonds is 3. The van der Waals surface area contributed by atoms with Gasteiger partial charge in [-0.05, 0) is 30.2 Å². The van der Waals surface area contributed by atoms with Crippen LogP contribution in [0, 0.1) is 17.5 Å². The highest BCUT2D eigenvalue weighted by atomic mass is 19.2. The number of urea groups is 1. The van der Waals surface area contributed by atoms with Gasteiger partial charge >= 0.3 is 6.03 Å². The number of pyridine rings is 1. The molecule has 8 heteroatoms. The highest BCUT2D eigenvalue weighted by molar-refractivity contribution is 5.89. The maximum atomic E-state index is 13.7. The molecule has 138 valence electrons. The number of amides is 2.